The number of hydrogen-bond donors (Lipinski definition) is 4. The van der Waals surface area contributed by atoms with Crippen molar-refractivity contribution in [1.82, 2.24) is 19.9 Å². The molecule has 34 heavy (non-hydrogen) atoms. The second-order valence-electron chi connectivity index (χ2n) is 8.43. The fourth-order valence-electron chi connectivity index (χ4n) is 4.65. The summed E-state index contributed by atoms with van der Waals surface area (Å²) in [5.74, 6) is -1.00. The van der Waals surface area contributed by atoms with Gasteiger partial charge < -0.3 is 29.8 Å². The summed E-state index contributed by atoms with van der Waals surface area (Å²) in [6, 6.07) is 10.2. The molecule has 3 heterocycles. The van der Waals surface area contributed by atoms with Gasteiger partial charge in [-0.05, 0) is 54.7 Å². The Morgan fingerprint density at radius 1 is 1.26 bits per heavy atom. The molecular weight excluding hydrogens is 436 g/mol. The monoisotopic (exact) mass is 460 g/mol. The molecule has 0 aliphatic heterocycles. The Kier molecular flexibility index (Phi) is 5.54. The Hall–Kier alpha value is -4.11. The number of nitrogens with one attached hydrogen (secondary N) is 2. The number of benzene rings is 1. The van der Waals surface area contributed by atoms with E-state index in [1.54, 1.807) is 6.20 Å². The quantitative estimate of drug-likeness (QED) is 0.336. The minimum atomic E-state index is -1.65. The molecule has 4 aromatic rings. The third-order valence-electron chi connectivity index (χ3n) is 6.30. The molecule has 0 fully saturated rings. The van der Waals surface area contributed by atoms with Crippen LogP contribution in [-0.4, -0.2) is 30.9 Å². The molecular formula is C25H24N4O5. The topological polar surface area (TPSA) is 129 Å². The normalized spacial score (nSPS) is 12.7. The maximum Gasteiger partial charge on any atom is 0.511 e. The molecule has 0 saturated heterocycles. The number of H-pyrrole nitrogens is 1. The predicted octanol–water partition coefficient (Wildman–Crippen LogP) is 3.47. The Morgan fingerprint density at radius 2 is 2.12 bits per heavy atom. The number of rotatable bonds is 5. The van der Waals surface area contributed by atoms with Crippen molar-refractivity contribution < 1.29 is 19.7 Å². The van der Waals surface area contributed by atoms with E-state index in [0.717, 1.165) is 46.1 Å². The van der Waals surface area contributed by atoms with E-state index in [2.05, 4.69) is 36.7 Å². The highest BCUT2D eigenvalue weighted by Crippen LogP contribution is 2.40. The van der Waals surface area contributed by atoms with Crippen LogP contribution in [0.2, 0.25) is 0 Å². The standard InChI is InChI=1S/C25H24N4O5/c1-29-17(13-27-12-14-4-3-7-26-11-14)8-16-9-19-15(10-20(16)29)5-2-6-18-21(19)28-24(31)23(22(18)30)34-25(32)33/h3-4,7-11,27H,2,5-6,12-13H2,1H3,(H,32,33)(H2,28,30,31). The van der Waals surface area contributed by atoms with E-state index in [1.165, 1.54) is 0 Å². The third kappa shape index (κ3) is 3.90. The lowest BCUT2D eigenvalue weighted by Gasteiger charge is -2.13. The van der Waals surface area contributed by atoms with Crippen molar-refractivity contribution in [3.63, 3.8) is 0 Å². The molecule has 9 nitrogen and oxygen atoms in total. The largest absolute Gasteiger partial charge is 0.511 e. The first-order valence-electron chi connectivity index (χ1n) is 11.0. The van der Waals surface area contributed by atoms with Crippen LogP contribution in [0.15, 0.2) is 47.5 Å². The number of aromatic nitrogens is 3. The van der Waals surface area contributed by atoms with E-state index in [4.69, 9.17) is 5.11 Å². The molecule has 174 valence electrons. The van der Waals surface area contributed by atoms with Crippen LogP contribution >= 0.6 is 0 Å². The van der Waals surface area contributed by atoms with Crippen molar-refractivity contribution in [3.05, 3.63) is 75.5 Å². The molecule has 1 aromatic carbocycles. The van der Waals surface area contributed by atoms with Gasteiger partial charge in [-0.3, -0.25) is 9.78 Å². The van der Waals surface area contributed by atoms with E-state index >= 15 is 0 Å². The number of hydrogen-bond acceptors (Lipinski definition) is 6. The minimum absolute atomic E-state index is 0.414. The zero-order valence-corrected chi connectivity index (χ0v) is 18.6. The molecule has 0 unspecified atom stereocenters. The van der Waals surface area contributed by atoms with Crippen LogP contribution in [0.25, 0.3) is 22.2 Å². The molecule has 1 aliphatic rings. The maximum absolute atomic E-state index is 12.5. The lowest BCUT2D eigenvalue weighted by atomic mass is 9.99. The number of fused-ring (bicyclic) bond motifs is 4. The van der Waals surface area contributed by atoms with Gasteiger partial charge in [0.1, 0.15) is 0 Å². The Labute approximate surface area is 194 Å². The summed E-state index contributed by atoms with van der Waals surface area (Å²) < 4.78 is 6.69. The summed E-state index contributed by atoms with van der Waals surface area (Å²) in [7, 11) is 2.03. The van der Waals surface area contributed by atoms with Gasteiger partial charge in [-0.1, -0.05) is 6.07 Å². The molecule has 0 spiro atoms. The molecule has 0 radical (unpaired) electrons. The number of aromatic hydroxyl groups is 1. The average molecular weight is 460 g/mol. The van der Waals surface area contributed by atoms with Crippen LogP contribution in [0.4, 0.5) is 4.79 Å². The molecule has 0 amide bonds. The smallest absolute Gasteiger partial charge is 0.504 e. The highest BCUT2D eigenvalue weighted by molar-refractivity contribution is 5.89. The van der Waals surface area contributed by atoms with Crippen LogP contribution in [0.3, 0.4) is 0 Å². The summed E-state index contributed by atoms with van der Waals surface area (Å²) in [6.07, 6.45) is 3.93. The predicted molar refractivity (Wildman–Crippen MR) is 126 cm³/mol. The fraction of sp³-hybridized carbons (Fsp3) is 0.240. The van der Waals surface area contributed by atoms with E-state index in [1.807, 2.05) is 31.4 Å². The summed E-state index contributed by atoms with van der Waals surface area (Å²) in [4.78, 5) is 30.3. The van der Waals surface area contributed by atoms with Crippen molar-refractivity contribution in [1.29, 1.82) is 0 Å². The van der Waals surface area contributed by atoms with Gasteiger partial charge in [-0.15, -0.1) is 0 Å². The maximum atomic E-state index is 12.5. The number of nitrogens with zero attached hydrogens (tertiary/aromatic N) is 2. The third-order valence-corrected chi connectivity index (χ3v) is 6.30. The van der Waals surface area contributed by atoms with Gasteiger partial charge in [0.05, 0.1) is 5.69 Å². The Balaban J connectivity index is 1.52. The van der Waals surface area contributed by atoms with Gasteiger partial charge in [0.2, 0.25) is 5.75 Å². The molecule has 5 rings (SSSR count). The van der Waals surface area contributed by atoms with Crippen molar-refractivity contribution in [3.8, 4) is 22.8 Å². The summed E-state index contributed by atoms with van der Waals surface area (Å²) in [5, 5.41) is 24.0. The summed E-state index contributed by atoms with van der Waals surface area (Å²) >= 11 is 0. The zero-order chi connectivity index (χ0) is 23.8. The second kappa shape index (κ2) is 8.68. The first kappa shape index (κ1) is 21.7. The van der Waals surface area contributed by atoms with Crippen LogP contribution in [0, 0.1) is 0 Å². The Morgan fingerprint density at radius 3 is 2.88 bits per heavy atom. The van der Waals surface area contributed by atoms with Crippen molar-refractivity contribution in [2.75, 3.05) is 0 Å². The van der Waals surface area contributed by atoms with Crippen LogP contribution < -0.4 is 15.6 Å². The summed E-state index contributed by atoms with van der Waals surface area (Å²) in [6.45, 7) is 1.38. The Bertz CT molecular complexity index is 1460. The van der Waals surface area contributed by atoms with Gasteiger partial charge in [0.25, 0.3) is 5.56 Å². The number of ether oxygens (including phenoxy) is 1. The van der Waals surface area contributed by atoms with Crippen molar-refractivity contribution in [2.24, 2.45) is 7.05 Å². The second-order valence-corrected chi connectivity index (χ2v) is 8.43. The van der Waals surface area contributed by atoms with E-state index in [9.17, 15) is 14.7 Å². The summed E-state index contributed by atoms with van der Waals surface area (Å²) in [5.41, 5.74) is 5.41. The van der Waals surface area contributed by atoms with Gasteiger partial charge in [0.15, 0.2) is 5.75 Å². The van der Waals surface area contributed by atoms with E-state index in [-0.39, 0.29) is 0 Å². The molecule has 9 heteroatoms. The van der Waals surface area contributed by atoms with Gasteiger partial charge >= 0.3 is 6.16 Å². The van der Waals surface area contributed by atoms with Crippen molar-refractivity contribution >= 4 is 17.1 Å². The SMILES string of the molecule is Cn1c(CNCc2cccnc2)cc2cc3c(cc21)CCCc1c-3[nH]c(=O)c(OC(=O)O)c1O. The number of carboxylic acid groups (broad SMARTS) is 1. The molecule has 1 aliphatic carbocycles. The van der Waals surface area contributed by atoms with Gasteiger partial charge in [-0.25, -0.2) is 4.79 Å². The molecule has 0 saturated carbocycles. The first-order valence-corrected chi connectivity index (χ1v) is 11.0. The number of aromatic amines is 1. The highest BCUT2D eigenvalue weighted by atomic mass is 16.7. The number of carbonyl (C=O) groups is 1. The van der Waals surface area contributed by atoms with Crippen molar-refractivity contribution in [2.45, 2.75) is 32.4 Å². The molecule has 0 atom stereocenters. The van der Waals surface area contributed by atoms with E-state index in [0.29, 0.717) is 30.8 Å². The molecule has 0 bridgehead atoms. The fourth-order valence-corrected chi connectivity index (χ4v) is 4.65. The lowest BCUT2D eigenvalue weighted by Crippen LogP contribution is -2.17. The van der Waals surface area contributed by atoms with Gasteiger partial charge in [0, 0.05) is 60.3 Å². The average Bonchev–Trinajstić information content (AvgIpc) is 3.00. The van der Waals surface area contributed by atoms with Gasteiger partial charge in [-0.2, -0.15) is 0 Å². The van der Waals surface area contributed by atoms with Crippen LogP contribution in [0.5, 0.6) is 11.5 Å². The molecule has 3 aromatic heterocycles. The number of pyridine rings is 2. The van der Waals surface area contributed by atoms with Crippen LogP contribution in [-0.2, 0) is 33.0 Å². The highest BCUT2D eigenvalue weighted by Gasteiger charge is 2.25. The van der Waals surface area contributed by atoms with Crippen LogP contribution in [0.1, 0.15) is 28.8 Å². The lowest BCUT2D eigenvalue weighted by molar-refractivity contribution is 0.142. The van der Waals surface area contributed by atoms with E-state index < -0.39 is 23.2 Å². The number of aryl methyl sites for hydroxylation is 2. The zero-order valence-electron chi connectivity index (χ0n) is 18.6. The molecule has 4 N–H and O–H groups in total. The first-order chi connectivity index (χ1) is 16.4. The minimum Gasteiger partial charge on any atom is -0.504 e.